The summed E-state index contributed by atoms with van der Waals surface area (Å²) in [7, 11) is 0. The van der Waals surface area contributed by atoms with Gasteiger partial charge in [-0.3, -0.25) is 0 Å². The van der Waals surface area contributed by atoms with Crippen LogP contribution in [0.5, 0.6) is 23.0 Å². The van der Waals surface area contributed by atoms with Crippen LogP contribution in [0.15, 0.2) is 115 Å². The van der Waals surface area contributed by atoms with Gasteiger partial charge in [0.15, 0.2) is 0 Å². The van der Waals surface area contributed by atoms with Crippen molar-refractivity contribution in [1.82, 2.24) is 0 Å². The summed E-state index contributed by atoms with van der Waals surface area (Å²) in [6.45, 7) is 1.57. The van der Waals surface area contributed by atoms with Crippen molar-refractivity contribution in [2.75, 3.05) is 19.7 Å². The molecule has 0 radical (unpaired) electrons. The lowest BCUT2D eigenvalue weighted by atomic mass is 9.73. The Bertz CT molecular complexity index is 3210. The molecule has 0 amide bonds. The monoisotopic (exact) mass is 1190 g/mol. The Morgan fingerprint density at radius 2 is 1.04 bits per heavy atom. The molecule has 19 heteroatoms. The summed E-state index contributed by atoms with van der Waals surface area (Å²) < 4.78 is 123. The smallest absolute Gasteiger partial charge is 0.416 e. The third kappa shape index (κ3) is 15.3. The van der Waals surface area contributed by atoms with Crippen LogP contribution >= 0.6 is 11.6 Å². The normalized spacial score (nSPS) is 23.0. The lowest BCUT2D eigenvalue weighted by Crippen LogP contribution is -2.48. The predicted octanol–water partition coefficient (Wildman–Crippen LogP) is 13.9. The molecule has 10 nitrogen and oxygen atoms in total. The number of hydrogen-bond donors (Lipinski definition) is 6. The second-order valence-corrected chi connectivity index (χ2v) is 23.7. The van der Waals surface area contributed by atoms with Crippen LogP contribution in [0.2, 0.25) is 5.02 Å². The van der Waals surface area contributed by atoms with Gasteiger partial charge in [0.2, 0.25) is 0 Å². The van der Waals surface area contributed by atoms with Gasteiger partial charge in [-0.1, -0.05) is 48.0 Å². The minimum atomic E-state index is -4.33. The number of rotatable bonds is 2. The highest BCUT2D eigenvalue weighted by Gasteiger charge is 2.45. The van der Waals surface area contributed by atoms with Crippen molar-refractivity contribution in [3.63, 3.8) is 0 Å². The van der Waals surface area contributed by atoms with Crippen LogP contribution in [0.25, 0.3) is 0 Å². The second-order valence-electron chi connectivity index (χ2n) is 23.2. The van der Waals surface area contributed by atoms with Gasteiger partial charge in [0.25, 0.3) is 0 Å². The molecule has 0 saturated heterocycles. The molecule has 14 rings (SSSR count). The SMILES string of the molecule is NCC1CCc2ccc(C(F)(F)F)cc2O1.NCC1COc2ccc(F)cc2C1.N[C@@H]1CC2(CCC2)Oc2ccc(F)cc21.N[C@@H]1CC2(CCCC2)Oc2ccccc21.N[C@@H]1CCc2cc(C(F)(F)F)ccc21.N[C@@H]1CCc2cc(Cl)ccc21. The van der Waals surface area contributed by atoms with Gasteiger partial charge in [-0.15, -0.1) is 0 Å². The molecule has 2 unspecified atom stereocenters. The van der Waals surface area contributed by atoms with Gasteiger partial charge in [0.1, 0.15) is 51.9 Å². The predicted molar refractivity (Wildman–Crippen MR) is 310 cm³/mol. The zero-order chi connectivity index (χ0) is 60.0. The summed E-state index contributed by atoms with van der Waals surface area (Å²) in [5.41, 5.74) is 41.5. The third-order valence-electron chi connectivity index (χ3n) is 17.2. The maximum absolute atomic E-state index is 13.0. The second kappa shape index (κ2) is 26.7. The number of ether oxygens (including phenoxy) is 4. The molecule has 6 atom stereocenters. The number of fused-ring (bicyclic) bond motifs is 6. The highest BCUT2D eigenvalue weighted by atomic mass is 35.5. The molecule has 12 N–H and O–H groups in total. The Kier molecular flexibility index (Phi) is 19.9. The van der Waals surface area contributed by atoms with E-state index in [1.807, 2.05) is 30.3 Å². The molecular formula is C65H75ClF8N6O4. The maximum Gasteiger partial charge on any atom is 0.416 e. The van der Waals surface area contributed by atoms with Crippen molar-refractivity contribution in [1.29, 1.82) is 0 Å². The molecule has 6 aromatic carbocycles. The van der Waals surface area contributed by atoms with E-state index in [2.05, 4.69) is 12.1 Å². The third-order valence-corrected chi connectivity index (χ3v) is 17.4. The van der Waals surface area contributed by atoms with Crippen molar-refractivity contribution >= 4 is 11.6 Å². The molecular weight excluding hydrogens is 1120 g/mol. The van der Waals surface area contributed by atoms with Crippen molar-refractivity contribution in [2.45, 2.75) is 157 Å². The van der Waals surface area contributed by atoms with E-state index in [0.29, 0.717) is 37.8 Å². The lowest BCUT2D eigenvalue weighted by molar-refractivity contribution is -0.138. The average molecular weight is 1190 g/mol. The molecule has 4 aliphatic heterocycles. The quantitative estimate of drug-likeness (QED) is 0.0909. The van der Waals surface area contributed by atoms with Crippen LogP contribution in [0.4, 0.5) is 35.1 Å². The number of halogens is 9. The molecule has 0 bridgehead atoms. The topological polar surface area (TPSA) is 193 Å². The van der Waals surface area contributed by atoms with Crippen LogP contribution in [-0.4, -0.2) is 37.0 Å². The zero-order valence-corrected chi connectivity index (χ0v) is 47.6. The standard InChI is InChI=1S/C13H17NO.C12H14FNO.C11H12F3NO.C10H10F3N.C10H12FNO.C9H10ClN/c14-11-9-13(7-3-4-8-13)15-12-6-2-1-5-10(11)12;13-8-2-3-11-9(6-8)10(14)7-12(15-11)4-1-5-12;12-11(13,14)8-3-1-7-2-4-9(6-15)16-10(7)5-8;11-10(12,13)7-2-3-8-6(5-7)1-4-9(8)14;11-9-1-2-10-8(4-9)3-7(5-12)6-13-10;10-7-2-3-8-6(5-7)1-4-9(8)11/h1-2,5-6,11H,3-4,7-9,14H2;2-3,6,10H,1,4-5,7,14H2;1,3,5,9H,2,4,6,15H2;2-3,5,9H,1,4,14H2;1-2,4,7H,3,5-6,12H2;2-3,5,9H,1,4,11H2/t11-;10-;;9-;;9-/m11.1.1/s1. The molecule has 4 heterocycles. The van der Waals surface area contributed by atoms with Crippen molar-refractivity contribution in [3.05, 3.63) is 188 Å². The number of aryl methyl sites for hydroxylation is 3. The Morgan fingerprint density at radius 1 is 0.488 bits per heavy atom. The first kappa shape index (κ1) is 62.5. The zero-order valence-electron chi connectivity index (χ0n) is 46.9. The van der Waals surface area contributed by atoms with Crippen LogP contribution in [0, 0.1) is 17.6 Å². The fraction of sp³-hybridized carbons (Fsp3) is 0.446. The van der Waals surface area contributed by atoms with Gasteiger partial charge < -0.3 is 53.3 Å². The highest BCUT2D eigenvalue weighted by Crippen LogP contribution is 2.49. The van der Waals surface area contributed by atoms with Crippen molar-refractivity contribution < 1.29 is 54.1 Å². The number of hydrogen-bond acceptors (Lipinski definition) is 10. The van der Waals surface area contributed by atoms with Gasteiger partial charge in [0.05, 0.1) is 17.7 Å². The fourth-order valence-electron chi connectivity index (χ4n) is 12.3. The van der Waals surface area contributed by atoms with Gasteiger partial charge in [-0.2, -0.15) is 26.3 Å². The van der Waals surface area contributed by atoms with Crippen LogP contribution < -0.4 is 53.3 Å². The molecule has 2 saturated carbocycles. The van der Waals surface area contributed by atoms with Gasteiger partial charge in [-0.05, 0) is 209 Å². The molecule has 84 heavy (non-hydrogen) atoms. The molecule has 2 spiro atoms. The highest BCUT2D eigenvalue weighted by molar-refractivity contribution is 6.30. The number of benzene rings is 6. The summed E-state index contributed by atoms with van der Waals surface area (Å²) in [6, 6.07) is 31.1. The minimum absolute atomic E-state index is 0.0375. The molecule has 4 aliphatic carbocycles. The molecule has 8 aliphatic rings. The fourth-order valence-corrected chi connectivity index (χ4v) is 12.5. The Hall–Kier alpha value is -5.99. The minimum Gasteiger partial charge on any atom is -0.493 e. The van der Waals surface area contributed by atoms with E-state index < -0.39 is 23.5 Å². The van der Waals surface area contributed by atoms with Crippen LogP contribution in [0.1, 0.15) is 157 Å². The first-order valence-corrected chi connectivity index (χ1v) is 29.4. The average Bonchev–Trinajstić information content (AvgIpc) is 2.19. The summed E-state index contributed by atoms with van der Waals surface area (Å²) in [5, 5.41) is 0.817. The van der Waals surface area contributed by atoms with E-state index in [1.54, 1.807) is 12.1 Å². The maximum atomic E-state index is 13.0. The first-order valence-electron chi connectivity index (χ1n) is 29.0. The number of alkyl halides is 6. The van der Waals surface area contributed by atoms with E-state index in [9.17, 15) is 35.1 Å². The first-order chi connectivity index (χ1) is 40.0. The molecule has 452 valence electrons. The number of para-hydroxylation sites is 1. The number of nitrogens with two attached hydrogens (primary N) is 6. The Balaban J connectivity index is 0.000000121. The summed E-state index contributed by atoms with van der Waals surface area (Å²) in [6.07, 6.45) is 7.21. The molecule has 6 aromatic rings. The Labute approximate surface area is 490 Å². The molecule has 0 aromatic heterocycles. The lowest BCUT2D eigenvalue weighted by Gasteiger charge is -2.47. The van der Waals surface area contributed by atoms with E-state index in [4.69, 9.17) is 65.0 Å². The van der Waals surface area contributed by atoms with Gasteiger partial charge in [-0.25, -0.2) is 8.78 Å². The largest absolute Gasteiger partial charge is 0.493 e. The van der Waals surface area contributed by atoms with Crippen LogP contribution in [-0.2, 0) is 38.0 Å². The van der Waals surface area contributed by atoms with Crippen LogP contribution in [0.3, 0.4) is 0 Å². The Morgan fingerprint density at radius 3 is 1.65 bits per heavy atom. The van der Waals surface area contributed by atoms with E-state index in [0.717, 1.165) is 132 Å². The van der Waals surface area contributed by atoms with E-state index in [1.165, 1.54) is 91.3 Å². The van der Waals surface area contributed by atoms with Crippen molar-refractivity contribution in [2.24, 2.45) is 40.3 Å². The van der Waals surface area contributed by atoms with E-state index in [-0.39, 0.29) is 53.1 Å². The van der Waals surface area contributed by atoms with Crippen molar-refractivity contribution in [3.8, 4) is 23.0 Å². The van der Waals surface area contributed by atoms with Gasteiger partial charge in [0, 0.05) is 65.6 Å². The molecule has 2 fully saturated rings. The van der Waals surface area contributed by atoms with Gasteiger partial charge >= 0.3 is 12.4 Å². The summed E-state index contributed by atoms with van der Waals surface area (Å²) in [4.78, 5) is 0. The summed E-state index contributed by atoms with van der Waals surface area (Å²) in [5.74, 6) is 2.78. The summed E-state index contributed by atoms with van der Waals surface area (Å²) >= 11 is 5.83. The van der Waals surface area contributed by atoms with E-state index >= 15 is 0 Å².